The van der Waals surface area contributed by atoms with Crippen LogP contribution >= 0.6 is 24.0 Å². The minimum absolute atomic E-state index is 0. The predicted octanol–water partition coefficient (Wildman–Crippen LogP) is 4.17. The van der Waals surface area contributed by atoms with Crippen molar-refractivity contribution in [1.29, 1.82) is 0 Å². The van der Waals surface area contributed by atoms with Crippen molar-refractivity contribution in [1.82, 2.24) is 16.0 Å². The van der Waals surface area contributed by atoms with Crippen LogP contribution in [-0.2, 0) is 4.79 Å². The van der Waals surface area contributed by atoms with Crippen molar-refractivity contribution in [3.05, 3.63) is 23.8 Å². The van der Waals surface area contributed by atoms with Gasteiger partial charge in [0.1, 0.15) is 6.54 Å². The number of benzene rings is 1. The zero-order valence-electron chi connectivity index (χ0n) is 19.3. The van der Waals surface area contributed by atoms with Crippen molar-refractivity contribution in [2.24, 2.45) is 4.99 Å². The third-order valence-electron chi connectivity index (χ3n) is 5.12. The van der Waals surface area contributed by atoms with E-state index >= 15 is 0 Å². The summed E-state index contributed by atoms with van der Waals surface area (Å²) in [5.41, 5.74) is 1.05. The smallest absolute Gasteiger partial charge is 0.242 e. The highest BCUT2D eigenvalue weighted by Crippen LogP contribution is 2.30. The van der Waals surface area contributed by atoms with Gasteiger partial charge >= 0.3 is 0 Å². The van der Waals surface area contributed by atoms with Crippen LogP contribution < -0.4 is 25.4 Å². The molecule has 0 bridgehead atoms. The zero-order valence-corrected chi connectivity index (χ0v) is 21.7. The average Bonchev–Trinajstić information content (AvgIpc) is 2.74. The van der Waals surface area contributed by atoms with Gasteiger partial charge in [-0.3, -0.25) is 4.79 Å². The highest BCUT2D eigenvalue weighted by atomic mass is 127. The van der Waals surface area contributed by atoms with E-state index in [9.17, 15) is 4.79 Å². The third kappa shape index (κ3) is 9.53. The van der Waals surface area contributed by atoms with Crippen molar-refractivity contribution in [2.45, 2.75) is 71.9 Å². The second-order valence-electron chi connectivity index (χ2n) is 7.54. The van der Waals surface area contributed by atoms with Crippen LogP contribution in [0.15, 0.2) is 23.2 Å². The van der Waals surface area contributed by atoms with Crippen molar-refractivity contribution in [3.8, 4) is 11.5 Å². The van der Waals surface area contributed by atoms with Crippen LogP contribution in [0.3, 0.4) is 0 Å². The standard InChI is InChI=1S/C23H38N4O3.HI/c1-5-24-23(25-16-22(28)27-19-11-9-8-10-12-19)26-17(4)18-13-14-20(29-6-2)21(15-18)30-7-3;/h13-15,17,19H,5-12,16H2,1-4H3,(H,27,28)(H2,24,25,26);1H. The second-order valence-corrected chi connectivity index (χ2v) is 7.54. The van der Waals surface area contributed by atoms with E-state index in [0.717, 1.165) is 36.4 Å². The number of rotatable bonds is 10. The molecule has 0 heterocycles. The number of aliphatic imine (C=N–C) groups is 1. The van der Waals surface area contributed by atoms with E-state index in [2.05, 4.69) is 27.9 Å². The molecule has 2 rings (SSSR count). The maximum Gasteiger partial charge on any atom is 0.242 e. The van der Waals surface area contributed by atoms with Gasteiger partial charge in [0, 0.05) is 12.6 Å². The van der Waals surface area contributed by atoms with Crippen LogP contribution in [-0.4, -0.2) is 44.2 Å². The Morgan fingerprint density at radius 3 is 2.42 bits per heavy atom. The van der Waals surface area contributed by atoms with Gasteiger partial charge in [0.25, 0.3) is 0 Å². The highest BCUT2D eigenvalue weighted by Gasteiger charge is 2.16. The number of hydrogen-bond acceptors (Lipinski definition) is 4. The molecule has 1 unspecified atom stereocenters. The first-order chi connectivity index (χ1) is 14.6. The molecular formula is C23H39IN4O3. The van der Waals surface area contributed by atoms with Gasteiger partial charge in [0.2, 0.25) is 5.91 Å². The Morgan fingerprint density at radius 2 is 1.77 bits per heavy atom. The van der Waals surface area contributed by atoms with Gasteiger partial charge in [-0.1, -0.05) is 25.3 Å². The van der Waals surface area contributed by atoms with Gasteiger partial charge in [0.15, 0.2) is 17.5 Å². The zero-order chi connectivity index (χ0) is 21.8. The first-order valence-electron chi connectivity index (χ1n) is 11.3. The Balaban J connectivity index is 0.00000480. The van der Waals surface area contributed by atoms with Crippen LogP contribution in [0, 0.1) is 0 Å². The lowest BCUT2D eigenvalue weighted by Gasteiger charge is -2.22. The molecule has 1 aliphatic carbocycles. The molecule has 0 radical (unpaired) electrons. The van der Waals surface area contributed by atoms with Crippen LogP contribution in [0.1, 0.15) is 71.4 Å². The van der Waals surface area contributed by atoms with E-state index in [4.69, 9.17) is 9.47 Å². The van der Waals surface area contributed by atoms with E-state index in [1.165, 1.54) is 19.3 Å². The minimum Gasteiger partial charge on any atom is -0.490 e. The normalized spacial score (nSPS) is 15.4. The number of amides is 1. The molecule has 1 saturated carbocycles. The lowest BCUT2D eigenvalue weighted by molar-refractivity contribution is -0.120. The summed E-state index contributed by atoms with van der Waals surface area (Å²) in [6.07, 6.45) is 5.81. The predicted molar refractivity (Wildman–Crippen MR) is 137 cm³/mol. The van der Waals surface area contributed by atoms with Crippen molar-refractivity contribution in [3.63, 3.8) is 0 Å². The fourth-order valence-corrected chi connectivity index (χ4v) is 3.62. The molecule has 1 aromatic carbocycles. The second kappa shape index (κ2) is 15.2. The van der Waals surface area contributed by atoms with E-state index in [-0.39, 0.29) is 42.5 Å². The van der Waals surface area contributed by atoms with Gasteiger partial charge in [-0.25, -0.2) is 4.99 Å². The molecule has 7 nitrogen and oxygen atoms in total. The fraction of sp³-hybridized carbons (Fsp3) is 0.652. The van der Waals surface area contributed by atoms with Crippen LogP contribution in [0.25, 0.3) is 0 Å². The summed E-state index contributed by atoms with van der Waals surface area (Å²) < 4.78 is 11.4. The molecule has 0 saturated heterocycles. The molecule has 8 heteroatoms. The SMILES string of the molecule is CCNC(=NCC(=O)NC1CCCCC1)NC(C)c1ccc(OCC)c(OCC)c1.I. The molecule has 1 fully saturated rings. The van der Waals surface area contributed by atoms with Gasteiger partial charge in [-0.2, -0.15) is 0 Å². The molecule has 176 valence electrons. The summed E-state index contributed by atoms with van der Waals surface area (Å²) >= 11 is 0. The molecule has 0 aliphatic heterocycles. The summed E-state index contributed by atoms with van der Waals surface area (Å²) in [5.74, 6) is 2.08. The average molecular weight is 546 g/mol. The lowest BCUT2D eigenvalue weighted by Crippen LogP contribution is -2.41. The Labute approximate surface area is 204 Å². The number of ether oxygens (including phenoxy) is 2. The number of halogens is 1. The van der Waals surface area contributed by atoms with Gasteiger partial charge in [-0.05, 0) is 58.2 Å². The number of nitrogens with zero attached hydrogens (tertiary/aromatic N) is 1. The van der Waals surface area contributed by atoms with Crippen LogP contribution in [0.5, 0.6) is 11.5 Å². The molecule has 0 spiro atoms. The Morgan fingerprint density at radius 1 is 1.10 bits per heavy atom. The number of nitrogens with one attached hydrogen (secondary N) is 3. The van der Waals surface area contributed by atoms with Crippen molar-refractivity contribution in [2.75, 3.05) is 26.3 Å². The fourth-order valence-electron chi connectivity index (χ4n) is 3.62. The Hall–Kier alpha value is -1.71. The van der Waals surface area contributed by atoms with E-state index in [1.807, 2.05) is 39.0 Å². The van der Waals surface area contributed by atoms with Gasteiger partial charge < -0.3 is 25.4 Å². The van der Waals surface area contributed by atoms with Crippen LogP contribution in [0.2, 0.25) is 0 Å². The lowest BCUT2D eigenvalue weighted by atomic mass is 9.95. The first-order valence-corrected chi connectivity index (χ1v) is 11.3. The maximum atomic E-state index is 12.3. The number of carbonyl (C=O) groups is 1. The van der Waals surface area contributed by atoms with E-state index < -0.39 is 0 Å². The van der Waals surface area contributed by atoms with E-state index in [0.29, 0.717) is 25.2 Å². The topological polar surface area (TPSA) is 84.0 Å². The summed E-state index contributed by atoms with van der Waals surface area (Å²) in [6.45, 7) is 9.98. The number of guanidine groups is 1. The molecular weight excluding hydrogens is 507 g/mol. The quantitative estimate of drug-likeness (QED) is 0.233. The van der Waals surface area contributed by atoms with Crippen molar-refractivity contribution >= 4 is 35.8 Å². The van der Waals surface area contributed by atoms with Gasteiger partial charge in [-0.15, -0.1) is 24.0 Å². The van der Waals surface area contributed by atoms with Crippen molar-refractivity contribution < 1.29 is 14.3 Å². The largest absolute Gasteiger partial charge is 0.490 e. The molecule has 1 aromatic rings. The van der Waals surface area contributed by atoms with E-state index in [1.54, 1.807) is 0 Å². The van der Waals surface area contributed by atoms with Crippen LogP contribution in [0.4, 0.5) is 0 Å². The molecule has 0 aromatic heterocycles. The summed E-state index contributed by atoms with van der Waals surface area (Å²) in [4.78, 5) is 16.8. The summed E-state index contributed by atoms with van der Waals surface area (Å²) in [7, 11) is 0. The van der Waals surface area contributed by atoms with Gasteiger partial charge in [0.05, 0.1) is 19.3 Å². The number of hydrogen-bond donors (Lipinski definition) is 3. The third-order valence-corrected chi connectivity index (χ3v) is 5.12. The Kier molecular flexibility index (Phi) is 13.4. The minimum atomic E-state index is -0.0218. The highest BCUT2D eigenvalue weighted by molar-refractivity contribution is 14.0. The summed E-state index contributed by atoms with van der Waals surface area (Å²) in [6, 6.07) is 6.23. The Bertz CT molecular complexity index is 693. The molecule has 1 atom stereocenters. The maximum absolute atomic E-state index is 12.3. The summed E-state index contributed by atoms with van der Waals surface area (Å²) in [5, 5.41) is 9.70. The number of carbonyl (C=O) groups excluding carboxylic acids is 1. The molecule has 1 aliphatic rings. The molecule has 1 amide bonds. The monoisotopic (exact) mass is 546 g/mol. The molecule has 3 N–H and O–H groups in total. The first kappa shape index (κ1) is 27.3. The molecule has 31 heavy (non-hydrogen) atoms.